The molecule has 49 heavy (non-hydrogen) atoms. The van der Waals surface area contributed by atoms with Gasteiger partial charge in [0.1, 0.15) is 33.3 Å². The molecule has 0 aliphatic rings. The number of nitrogens with zero attached hydrogens (tertiary/aromatic N) is 2. The maximum Gasteiger partial charge on any atom is 0.269 e. The van der Waals surface area contributed by atoms with Crippen molar-refractivity contribution in [3.8, 4) is 22.5 Å². The van der Waals surface area contributed by atoms with Gasteiger partial charge in [0, 0.05) is 31.3 Å². The van der Waals surface area contributed by atoms with Gasteiger partial charge < -0.3 is 19.0 Å². The molecule has 0 fully saturated rings. The van der Waals surface area contributed by atoms with Crippen molar-refractivity contribution in [2.45, 2.75) is 79.7 Å². The van der Waals surface area contributed by atoms with Crippen LogP contribution >= 0.6 is 23.2 Å². The lowest BCUT2D eigenvalue weighted by Crippen LogP contribution is -2.35. The molecule has 4 rings (SSSR count). The first-order valence-electron chi connectivity index (χ1n) is 15.8. The van der Waals surface area contributed by atoms with Crippen molar-refractivity contribution >= 4 is 23.2 Å². The number of aliphatic hydroxyl groups is 1. The van der Waals surface area contributed by atoms with Crippen molar-refractivity contribution in [1.82, 2.24) is 9.13 Å². The van der Waals surface area contributed by atoms with Crippen LogP contribution in [0, 0.1) is 35.1 Å². The van der Waals surface area contributed by atoms with Gasteiger partial charge in [-0.25, -0.2) is 17.6 Å². The normalized spacial score (nSPS) is 14.0. The van der Waals surface area contributed by atoms with Gasteiger partial charge in [-0.3, -0.25) is 9.59 Å². The van der Waals surface area contributed by atoms with Crippen molar-refractivity contribution in [1.29, 1.82) is 0 Å². The molecular formula is C37H42Cl2F4N2O4. The van der Waals surface area contributed by atoms with Gasteiger partial charge in [0.15, 0.2) is 0 Å². The first-order chi connectivity index (χ1) is 22.8. The Morgan fingerprint density at radius 3 is 1.37 bits per heavy atom. The molecule has 0 radical (unpaired) electrons. The summed E-state index contributed by atoms with van der Waals surface area (Å²) in [6, 6.07) is 9.87. The third-order valence-corrected chi connectivity index (χ3v) is 9.79. The van der Waals surface area contributed by atoms with Crippen molar-refractivity contribution in [2.75, 3.05) is 7.11 Å². The molecule has 0 amide bonds. The second-order valence-electron chi connectivity index (χ2n) is 12.6. The van der Waals surface area contributed by atoms with Gasteiger partial charge in [-0.15, -0.1) is 0 Å². The predicted octanol–water partition coefficient (Wildman–Crippen LogP) is 9.31. The van der Waals surface area contributed by atoms with Crippen LogP contribution in [0.5, 0.6) is 0 Å². The molecule has 4 aromatic rings. The Labute approximate surface area is 293 Å². The summed E-state index contributed by atoms with van der Waals surface area (Å²) in [6.45, 7) is 14.5. The second-order valence-corrected chi connectivity index (χ2v) is 13.4. The number of methoxy groups -OCH3 is 1. The Balaban J connectivity index is 0.000000266. The molecule has 0 spiro atoms. The Hall–Kier alpha value is -3.44. The first kappa shape index (κ1) is 40.0. The van der Waals surface area contributed by atoms with Crippen LogP contribution in [-0.4, -0.2) is 21.4 Å². The zero-order valence-electron chi connectivity index (χ0n) is 29.0. The number of pyridine rings is 2. The molecule has 0 saturated heterocycles. The molecule has 1 N–H and O–H groups in total. The smallest absolute Gasteiger partial charge is 0.269 e. The first-order valence-corrected chi connectivity index (χ1v) is 16.6. The lowest BCUT2D eigenvalue weighted by atomic mass is 9.82. The van der Waals surface area contributed by atoms with Crippen molar-refractivity contribution in [3.05, 3.63) is 114 Å². The van der Waals surface area contributed by atoms with Crippen LogP contribution in [0.2, 0.25) is 10.0 Å². The molecule has 0 aliphatic heterocycles. The van der Waals surface area contributed by atoms with E-state index in [1.807, 2.05) is 20.8 Å². The molecule has 0 saturated carbocycles. The molecule has 2 aromatic carbocycles. The summed E-state index contributed by atoms with van der Waals surface area (Å²) < 4.78 is 66.0. The zero-order valence-corrected chi connectivity index (χ0v) is 30.5. The molecule has 2 unspecified atom stereocenters. The summed E-state index contributed by atoms with van der Waals surface area (Å²) in [4.78, 5) is 24.9. The predicted molar refractivity (Wildman–Crippen MR) is 187 cm³/mol. The molecule has 2 atom stereocenters. The molecule has 266 valence electrons. The van der Waals surface area contributed by atoms with Crippen LogP contribution in [0.25, 0.3) is 22.5 Å². The number of halogens is 6. The topological polar surface area (TPSA) is 73.5 Å². The standard InChI is InChI=1S/C19H22ClF2NO2.C18H20ClF2NO2/c1-6-23-17(16-14(21)8-7-9-15(16)22)12(10-13(20)18(23)24)19(4,25-5)11(2)3;1-5-22-16(15-13(20)7-6-8-14(15)21)11(9-12(19)17(22)23)18(4,24)10(2)3/h7-11H,6H2,1-5H3;6-10,24H,5H2,1-4H3. The molecule has 12 heteroatoms. The summed E-state index contributed by atoms with van der Waals surface area (Å²) in [7, 11) is 1.52. The van der Waals surface area contributed by atoms with E-state index in [0.29, 0.717) is 5.56 Å². The summed E-state index contributed by atoms with van der Waals surface area (Å²) in [5, 5.41) is 10.8. The molecule has 0 bridgehead atoms. The number of hydrogen-bond donors (Lipinski definition) is 1. The van der Waals surface area contributed by atoms with Crippen LogP contribution in [-0.2, 0) is 29.0 Å². The van der Waals surface area contributed by atoms with Crippen molar-refractivity contribution < 1.29 is 27.4 Å². The maximum absolute atomic E-state index is 14.5. The molecular weight excluding hydrogens is 683 g/mol. The third-order valence-electron chi connectivity index (χ3n) is 9.25. The van der Waals surface area contributed by atoms with Gasteiger partial charge in [0.05, 0.1) is 33.7 Å². The van der Waals surface area contributed by atoms with Gasteiger partial charge in [-0.1, -0.05) is 63.0 Å². The molecule has 0 aliphatic carbocycles. The van der Waals surface area contributed by atoms with Gasteiger partial charge in [-0.2, -0.15) is 0 Å². The van der Waals surface area contributed by atoms with Crippen LogP contribution in [0.4, 0.5) is 17.6 Å². The van der Waals surface area contributed by atoms with Crippen molar-refractivity contribution in [3.63, 3.8) is 0 Å². The van der Waals surface area contributed by atoms with Crippen molar-refractivity contribution in [2.24, 2.45) is 11.8 Å². The molecule has 2 aromatic heterocycles. The van der Waals surface area contributed by atoms with Crippen LogP contribution in [0.1, 0.15) is 66.5 Å². The van der Waals surface area contributed by atoms with Gasteiger partial charge in [0.2, 0.25) is 0 Å². The number of rotatable bonds is 9. The Morgan fingerprint density at radius 1 is 0.714 bits per heavy atom. The highest BCUT2D eigenvalue weighted by Crippen LogP contribution is 2.41. The second kappa shape index (κ2) is 15.6. The van der Waals surface area contributed by atoms with E-state index < -0.39 is 45.6 Å². The van der Waals surface area contributed by atoms with E-state index in [0.717, 1.165) is 12.1 Å². The highest BCUT2D eigenvalue weighted by atomic mass is 35.5. The average Bonchev–Trinajstić information content (AvgIpc) is 3.03. The summed E-state index contributed by atoms with van der Waals surface area (Å²) >= 11 is 12.1. The van der Waals surface area contributed by atoms with E-state index in [2.05, 4.69) is 0 Å². The minimum Gasteiger partial charge on any atom is -0.385 e. The number of benzene rings is 2. The quantitative estimate of drug-likeness (QED) is 0.175. The minimum absolute atomic E-state index is 0.0127. The number of ether oxygens (including phenoxy) is 1. The van der Waals surface area contributed by atoms with Gasteiger partial charge >= 0.3 is 0 Å². The Kier molecular flexibility index (Phi) is 12.8. The lowest BCUT2D eigenvalue weighted by molar-refractivity contribution is -0.0372. The van der Waals surface area contributed by atoms with Crippen LogP contribution < -0.4 is 11.1 Å². The summed E-state index contributed by atoms with van der Waals surface area (Å²) in [5.41, 5.74) is -3.11. The maximum atomic E-state index is 14.5. The molecule has 6 nitrogen and oxygen atoms in total. The van der Waals surface area contributed by atoms with Crippen LogP contribution in [0.3, 0.4) is 0 Å². The summed E-state index contributed by atoms with van der Waals surface area (Å²) in [5.74, 6) is -3.41. The molecule has 2 heterocycles. The van der Waals surface area contributed by atoms with Gasteiger partial charge in [-0.05, 0) is 75.9 Å². The largest absolute Gasteiger partial charge is 0.385 e. The number of hydrogen-bond acceptors (Lipinski definition) is 4. The van der Waals surface area contributed by atoms with Crippen LogP contribution in [0.15, 0.2) is 58.1 Å². The Morgan fingerprint density at radius 2 is 1.06 bits per heavy atom. The third kappa shape index (κ3) is 7.53. The number of aromatic nitrogens is 2. The highest BCUT2D eigenvalue weighted by molar-refractivity contribution is 6.30. The highest BCUT2D eigenvalue weighted by Gasteiger charge is 2.37. The monoisotopic (exact) mass is 724 g/mol. The lowest BCUT2D eigenvalue weighted by Gasteiger charge is -2.35. The van der Waals surface area contributed by atoms with E-state index in [1.54, 1.807) is 27.7 Å². The van der Waals surface area contributed by atoms with E-state index >= 15 is 0 Å². The van der Waals surface area contributed by atoms with E-state index in [-0.39, 0.29) is 63.0 Å². The SMILES string of the molecule is CCn1c(-c2c(F)cccc2F)c(C(C)(O)C(C)C)cc(Cl)c1=O.CCn1c(-c2c(F)cccc2F)c(C(C)(OC)C(C)C)cc(Cl)c1=O. The Bertz CT molecular complexity index is 1920. The average molecular weight is 726 g/mol. The zero-order chi connectivity index (χ0) is 37.2. The summed E-state index contributed by atoms with van der Waals surface area (Å²) in [6.07, 6.45) is 0. The van der Waals surface area contributed by atoms with E-state index in [4.69, 9.17) is 27.9 Å². The fourth-order valence-electron chi connectivity index (χ4n) is 5.59. The van der Waals surface area contributed by atoms with Gasteiger partial charge in [0.25, 0.3) is 11.1 Å². The van der Waals surface area contributed by atoms with E-state index in [1.165, 1.54) is 59.6 Å². The fourth-order valence-corrected chi connectivity index (χ4v) is 6.01. The van der Waals surface area contributed by atoms with E-state index in [9.17, 15) is 32.3 Å². The fraction of sp³-hybridized carbons (Fsp3) is 0.405. The minimum atomic E-state index is -1.43.